The summed E-state index contributed by atoms with van der Waals surface area (Å²) in [5, 5.41) is 2.09. The summed E-state index contributed by atoms with van der Waals surface area (Å²) in [6.07, 6.45) is 0.929. The number of nitrogens with zero attached hydrogens (tertiary/aromatic N) is 2. The molecule has 0 radical (unpaired) electrons. The standard InChI is InChI=1S/C11H16N2OS/c1-12-2-4-13(5-3-12)7-10-6-11(8-14)15-9-10/h6,8-9H,2-5,7H2,1H3. The van der Waals surface area contributed by atoms with Gasteiger partial charge in [-0.05, 0) is 24.1 Å². The van der Waals surface area contributed by atoms with E-state index in [1.54, 1.807) is 0 Å². The minimum absolute atomic E-state index is 0.833. The number of hydrogen-bond donors (Lipinski definition) is 0. The minimum Gasteiger partial charge on any atom is -0.304 e. The molecule has 1 aromatic rings. The first-order valence-electron chi connectivity index (χ1n) is 5.21. The first-order chi connectivity index (χ1) is 7.28. The van der Waals surface area contributed by atoms with Crippen LogP contribution < -0.4 is 0 Å². The maximum absolute atomic E-state index is 10.5. The molecule has 4 heteroatoms. The van der Waals surface area contributed by atoms with Crippen LogP contribution in [0.25, 0.3) is 0 Å². The van der Waals surface area contributed by atoms with Gasteiger partial charge in [-0.15, -0.1) is 11.3 Å². The molecule has 0 saturated carbocycles. The topological polar surface area (TPSA) is 23.6 Å². The quantitative estimate of drug-likeness (QED) is 0.723. The summed E-state index contributed by atoms with van der Waals surface area (Å²) < 4.78 is 0. The van der Waals surface area contributed by atoms with E-state index in [1.165, 1.54) is 16.9 Å². The number of thiophene rings is 1. The summed E-state index contributed by atoms with van der Waals surface area (Å²) in [6, 6.07) is 2.00. The Morgan fingerprint density at radius 2 is 2.13 bits per heavy atom. The molecule has 2 rings (SSSR count). The van der Waals surface area contributed by atoms with Crippen LogP contribution in [0, 0.1) is 0 Å². The molecule has 1 aliphatic heterocycles. The molecule has 82 valence electrons. The first kappa shape index (κ1) is 10.8. The summed E-state index contributed by atoms with van der Waals surface area (Å²) in [5.74, 6) is 0. The summed E-state index contributed by atoms with van der Waals surface area (Å²) in [5.41, 5.74) is 1.27. The van der Waals surface area contributed by atoms with E-state index in [4.69, 9.17) is 0 Å². The highest BCUT2D eigenvalue weighted by Crippen LogP contribution is 2.15. The number of carbonyl (C=O) groups excluding carboxylic acids is 1. The zero-order chi connectivity index (χ0) is 10.7. The number of rotatable bonds is 3. The molecule has 1 saturated heterocycles. The number of piperazine rings is 1. The van der Waals surface area contributed by atoms with Crippen LogP contribution in [0.2, 0.25) is 0 Å². The van der Waals surface area contributed by atoms with Gasteiger partial charge < -0.3 is 4.90 Å². The van der Waals surface area contributed by atoms with Crippen LogP contribution in [0.1, 0.15) is 15.2 Å². The number of likely N-dealkylation sites (N-methyl/N-ethyl adjacent to an activating group) is 1. The predicted octanol–water partition coefficient (Wildman–Crippen LogP) is 1.31. The number of carbonyl (C=O) groups is 1. The maximum atomic E-state index is 10.5. The van der Waals surface area contributed by atoms with Gasteiger partial charge >= 0.3 is 0 Å². The molecule has 1 aliphatic rings. The van der Waals surface area contributed by atoms with Crippen molar-refractivity contribution in [2.24, 2.45) is 0 Å². The van der Waals surface area contributed by atoms with Gasteiger partial charge in [-0.3, -0.25) is 9.69 Å². The average molecular weight is 224 g/mol. The summed E-state index contributed by atoms with van der Waals surface area (Å²) >= 11 is 1.53. The van der Waals surface area contributed by atoms with E-state index >= 15 is 0 Å². The zero-order valence-corrected chi connectivity index (χ0v) is 9.80. The van der Waals surface area contributed by atoms with Gasteiger partial charge in [0.1, 0.15) is 0 Å². The van der Waals surface area contributed by atoms with Crippen molar-refractivity contribution in [3.05, 3.63) is 21.9 Å². The van der Waals surface area contributed by atoms with Crippen LogP contribution in [0.15, 0.2) is 11.4 Å². The Hall–Kier alpha value is -0.710. The van der Waals surface area contributed by atoms with Crippen LogP contribution in [0.3, 0.4) is 0 Å². The third kappa shape index (κ3) is 2.87. The van der Waals surface area contributed by atoms with Gasteiger partial charge in [-0.2, -0.15) is 0 Å². The Morgan fingerprint density at radius 1 is 1.40 bits per heavy atom. The molecular formula is C11H16N2OS. The van der Waals surface area contributed by atoms with Gasteiger partial charge in [0.05, 0.1) is 4.88 Å². The lowest BCUT2D eigenvalue weighted by Gasteiger charge is -2.32. The Balaban J connectivity index is 1.88. The van der Waals surface area contributed by atoms with Crippen molar-refractivity contribution in [3.8, 4) is 0 Å². The van der Waals surface area contributed by atoms with E-state index in [1.807, 2.05) is 6.07 Å². The lowest BCUT2D eigenvalue weighted by atomic mass is 10.2. The number of hydrogen-bond acceptors (Lipinski definition) is 4. The van der Waals surface area contributed by atoms with Crippen molar-refractivity contribution in [2.75, 3.05) is 33.2 Å². The number of aldehydes is 1. The Labute approximate surface area is 94.3 Å². The van der Waals surface area contributed by atoms with E-state index < -0.39 is 0 Å². The molecule has 0 atom stereocenters. The average Bonchev–Trinajstić information content (AvgIpc) is 2.69. The van der Waals surface area contributed by atoms with E-state index in [9.17, 15) is 4.79 Å². The fraction of sp³-hybridized carbons (Fsp3) is 0.545. The highest BCUT2D eigenvalue weighted by molar-refractivity contribution is 7.11. The summed E-state index contributed by atoms with van der Waals surface area (Å²) in [6.45, 7) is 5.53. The second-order valence-corrected chi connectivity index (χ2v) is 5.00. The highest BCUT2D eigenvalue weighted by atomic mass is 32.1. The van der Waals surface area contributed by atoms with Gasteiger partial charge in [0.25, 0.3) is 0 Å². The van der Waals surface area contributed by atoms with Gasteiger partial charge in [0.2, 0.25) is 0 Å². The molecule has 15 heavy (non-hydrogen) atoms. The fourth-order valence-corrected chi connectivity index (χ4v) is 2.51. The molecule has 1 aromatic heterocycles. The summed E-state index contributed by atoms with van der Waals surface area (Å²) in [7, 11) is 2.16. The van der Waals surface area contributed by atoms with Gasteiger partial charge in [0.15, 0.2) is 6.29 Å². The fourth-order valence-electron chi connectivity index (χ4n) is 1.80. The van der Waals surface area contributed by atoms with Gasteiger partial charge in [0, 0.05) is 32.7 Å². The highest BCUT2D eigenvalue weighted by Gasteiger charge is 2.14. The molecule has 0 aliphatic carbocycles. The Bertz CT molecular complexity index is 329. The normalized spacial score (nSPS) is 19.3. The first-order valence-corrected chi connectivity index (χ1v) is 6.09. The Morgan fingerprint density at radius 3 is 2.73 bits per heavy atom. The van der Waals surface area contributed by atoms with Crippen LogP contribution in [0.5, 0.6) is 0 Å². The Kier molecular flexibility index (Phi) is 3.51. The van der Waals surface area contributed by atoms with Gasteiger partial charge in [-0.25, -0.2) is 0 Å². The molecule has 0 bridgehead atoms. The molecule has 0 unspecified atom stereocenters. The SMILES string of the molecule is CN1CCN(Cc2csc(C=O)c2)CC1. The van der Waals surface area contributed by atoms with Crippen LogP contribution >= 0.6 is 11.3 Å². The maximum Gasteiger partial charge on any atom is 0.160 e. The smallest absolute Gasteiger partial charge is 0.160 e. The van der Waals surface area contributed by atoms with Crippen molar-refractivity contribution in [3.63, 3.8) is 0 Å². The summed E-state index contributed by atoms with van der Waals surface area (Å²) in [4.78, 5) is 16.2. The monoisotopic (exact) mass is 224 g/mol. The molecule has 0 amide bonds. The van der Waals surface area contributed by atoms with E-state index in [0.717, 1.165) is 43.9 Å². The zero-order valence-electron chi connectivity index (χ0n) is 8.98. The second kappa shape index (κ2) is 4.88. The van der Waals surface area contributed by atoms with E-state index in [-0.39, 0.29) is 0 Å². The molecule has 3 nitrogen and oxygen atoms in total. The van der Waals surface area contributed by atoms with Crippen molar-refractivity contribution in [2.45, 2.75) is 6.54 Å². The van der Waals surface area contributed by atoms with Crippen LogP contribution in [0.4, 0.5) is 0 Å². The minimum atomic E-state index is 0.833. The lowest BCUT2D eigenvalue weighted by molar-refractivity contribution is 0.112. The van der Waals surface area contributed by atoms with Crippen molar-refractivity contribution < 1.29 is 4.79 Å². The van der Waals surface area contributed by atoms with Crippen molar-refractivity contribution in [1.82, 2.24) is 9.80 Å². The molecule has 0 spiro atoms. The third-order valence-electron chi connectivity index (χ3n) is 2.79. The molecule has 2 heterocycles. The molecule has 0 aromatic carbocycles. The van der Waals surface area contributed by atoms with Crippen molar-refractivity contribution >= 4 is 17.6 Å². The van der Waals surface area contributed by atoms with E-state index in [2.05, 4.69) is 22.2 Å². The van der Waals surface area contributed by atoms with Gasteiger partial charge in [-0.1, -0.05) is 0 Å². The second-order valence-electron chi connectivity index (χ2n) is 4.05. The van der Waals surface area contributed by atoms with Crippen LogP contribution in [-0.2, 0) is 6.54 Å². The third-order valence-corrected chi connectivity index (χ3v) is 3.70. The molecule has 1 fully saturated rings. The predicted molar refractivity (Wildman–Crippen MR) is 62.5 cm³/mol. The van der Waals surface area contributed by atoms with Crippen molar-refractivity contribution in [1.29, 1.82) is 0 Å². The largest absolute Gasteiger partial charge is 0.304 e. The molecular weight excluding hydrogens is 208 g/mol. The van der Waals surface area contributed by atoms with E-state index in [0.29, 0.717) is 0 Å². The lowest BCUT2D eigenvalue weighted by Crippen LogP contribution is -2.43. The van der Waals surface area contributed by atoms with Crippen LogP contribution in [-0.4, -0.2) is 49.3 Å². The molecule has 0 N–H and O–H groups in total.